The lowest BCUT2D eigenvalue weighted by Gasteiger charge is -2.36. The molecular weight excluding hydrogens is 430 g/mol. The Morgan fingerprint density at radius 1 is 1.21 bits per heavy atom. The Morgan fingerprint density at radius 3 is 2.62 bits per heavy atom. The van der Waals surface area contributed by atoms with Crippen LogP contribution in [0.1, 0.15) is 39.7 Å². The Labute approximate surface area is 204 Å². The van der Waals surface area contributed by atoms with Crippen LogP contribution in [0.5, 0.6) is 11.5 Å². The van der Waals surface area contributed by atoms with E-state index < -0.39 is 6.10 Å². The van der Waals surface area contributed by atoms with E-state index in [1.165, 1.54) is 5.57 Å². The minimum atomic E-state index is -0.478. The van der Waals surface area contributed by atoms with Crippen molar-refractivity contribution in [2.45, 2.75) is 46.8 Å². The highest BCUT2D eigenvalue weighted by atomic mass is 16.5. The number of carbonyl (C=O) groups excluding carboxylic acids is 1. The number of morpholine rings is 1. The number of hydrogen-bond donors (Lipinski definition) is 1. The molecule has 34 heavy (non-hydrogen) atoms. The maximum absolute atomic E-state index is 13.6. The molecule has 1 atom stereocenters. The number of nitrogens with zero attached hydrogens (tertiary/aromatic N) is 2. The molecule has 3 rings (SSSR count). The van der Waals surface area contributed by atoms with Crippen LogP contribution in [0.4, 0.5) is 0 Å². The van der Waals surface area contributed by atoms with Gasteiger partial charge in [-0.25, -0.2) is 0 Å². The summed E-state index contributed by atoms with van der Waals surface area (Å²) in [5.74, 6) is 1.91. The zero-order valence-corrected chi connectivity index (χ0v) is 21.5. The summed E-state index contributed by atoms with van der Waals surface area (Å²) in [6, 6.07) is 5.97. The summed E-state index contributed by atoms with van der Waals surface area (Å²) in [4.78, 5) is 17.8. The van der Waals surface area contributed by atoms with Crippen molar-refractivity contribution >= 4 is 5.91 Å². The molecule has 2 aliphatic heterocycles. The van der Waals surface area contributed by atoms with E-state index >= 15 is 0 Å². The summed E-state index contributed by atoms with van der Waals surface area (Å²) in [6.45, 7) is 17.6. The van der Waals surface area contributed by atoms with Crippen molar-refractivity contribution in [2.24, 2.45) is 5.92 Å². The van der Waals surface area contributed by atoms with Crippen molar-refractivity contribution in [1.29, 1.82) is 0 Å². The Kier molecular flexibility index (Phi) is 9.42. The van der Waals surface area contributed by atoms with Crippen LogP contribution in [0.3, 0.4) is 0 Å². The minimum absolute atomic E-state index is 0.0386. The van der Waals surface area contributed by atoms with Crippen molar-refractivity contribution in [2.75, 3.05) is 53.0 Å². The van der Waals surface area contributed by atoms with E-state index in [1.807, 2.05) is 37.1 Å². The highest BCUT2D eigenvalue weighted by molar-refractivity contribution is 5.81. The number of hydrogen-bond acceptors (Lipinski definition) is 6. The molecule has 1 fully saturated rings. The van der Waals surface area contributed by atoms with Gasteiger partial charge in [-0.2, -0.15) is 0 Å². The summed E-state index contributed by atoms with van der Waals surface area (Å²) in [5, 5.41) is 3.23. The normalized spacial score (nSPS) is 19.3. The topological polar surface area (TPSA) is 63.3 Å². The first-order valence-corrected chi connectivity index (χ1v) is 12.3. The molecule has 0 radical (unpaired) electrons. The van der Waals surface area contributed by atoms with Gasteiger partial charge in [0.05, 0.1) is 19.8 Å². The number of nitrogens with one attached hydrogen (secondary N) is 1. The molecule has 1 aromatic carbocycles. The van der Waals surface area contributed by atoms with E-state index in [1.54, 1.807) is 0 Å². The van der Waals surface area contributed by atoms with E-state index in [2.05, 4.69) is 37.6 Å². The van der Waals surface area contributed by atoms with E-state index in [0.717, 1.165) is 47.8 Å². The molecule has 1 unspecified atom stereocenters. The molecule has 1 aromatic rings. The molecule has 7 nitrogen and oxygen atoms in total. The van der Waals surface area contributed by atoms with Gasteiger partial charge in [-0.3, -0.25) is 9.69 Å². The average molecular weight is 472 g/mol. The predicted octanol–water partition coefficient (Wildman–Crippen LogP) is 3.60. The molecule has 0 spiro atoms. The monoisotopic (exact) mass is 471 g/mol. The number of benzene rings is 1. The SMILES string of the molecule is C=C(C)/C(CN1CCOC(C(=O)N(Cc2ccc3c(c2)OCCCO3)CC(C)C)C1)=C(/C)NC. The summed E-state index contributed by atoms with van der Waals surface area (Å²) in [6.07, 6.45) is 0.391. The van der Waals surface area contributed by atoms with Crippen LogP contribution in [-0.2, 0) is 16.1 Å². The van der Waals surface area contributed by atoms with Crippen LogP contribution in [0.2, 0.25) is 0 Å². The number of rotatable bonds is 9. The number of amides is 1. The molecule has 2 heterocycles. The molecule has 1 amide bonds. The van der Waals surface area contributed by atoms with Crippen molar-refractivity contribution in [1.82, 2.24) is 15.1 Å². The van der Waals surface area contributed by atoms with Crippen molar-refractivity contribution in [3.63, 3.8) is 0 Å². The number of carbonyl (C=O) groups is 1. The lowest BCUT2D eigenvalue weighted by atomic mass is 10.1. The van der Waals surface area contributed by atoms with E-state index in [-0.39, 0.29) is 5.91 Å². The van der Waals surface area contributed by atoms with Gasteiger partial charge in [-0.1, -0.05) is 32.1 Å². The third kappa shape index (κ3) is 7.00. The standard InChI is InChI=1S/C27H41N3O4/c1-19(2)15-30(16-22-8-9-24-25(14-22)33-12-7-11-32-24)27(31)26-18-29(10-13-34-26)17-23(20(3)4)21(5)28-6/h8-9,14,19,26,28H,3,7,10-13,15-18H2,1-2,4-6H3/b23-21-. The first-order valence-electron chi connectivity index (χ1n) is 12.3. The van der Waals surface area contributed by atoms with Gasteiger partial charge in [0.25, 0.3) is 5.91 Å². The Morgan fingerprint density at radius 2 is 1.94 bits per heavy atom. The largest absolute Gasteiger partial charge is 0.490 e. The zero-order valence-electron chi connectivity index (χ0n) is 21.5. The van der Waals surface area contributed by atoms with Crippen molar-refractivity contribution in [3.8, 4) is 11.5 Å². The molecule has 7 heteroatoms. The molecule has 1 saturated heterocycles. The Balaban J connectivity index is 1.72. The molecular formula is C27H41N3O4. The summed E-state index contributed by atoms with van der Waals surface area (Å²) >= 11 is 0. The first kappa shape index (κ1) is 26.1. The van der Waals surface area contributed by atoms with Gasteiger partial charge >= 0.3 is 0 Å². The second-order valence-corrected chi connectivity index (χ2v) is 9.67. The fourth-order valence-electron chi connectivity index (χ4n) is 4.35. The highest BCUT2D eigenvalue weighted by Gasteiger charge is 2.31. The van der Waals surface area contributed by atoms with Gasteiger partial charge in [0, 0.05) is 51.9 Å². The molecule has 188 valence electrons. The van der Waals surface area contributed by atoms with Gasteiger partial charge in [-0.15, -0.1) is 0 Å². The lowest BCUT2D eigenvalue weighted by molar-refractivity contribution is -0.150. The van der Waals surface area contributed by atoms with E-state index in [4.69, 9.17) is 14.2 Å². The maximum atomic E-state index is 13.6. The van der Waals surface area contributed by atoms with Crippen LogP contribution in [0.25, 0.3) is 0 Å². The van der Waals surface area contributed by atoms with Crippen LogP contribution in [0, 0.1) is 5.92 Å². The molecule has 2 aliphatic rings. The smallest absolute Gasteiger partial charge is 0.253 e. The second-order valence-electron chi connectivity index (χ2n) is 9.67. The van der Waals surface area contributed by atoms with Gasteiger partial charge in [0.1, 0.15) is 6.10 Å². The Bertz CT molecular complexity index is 896. The third-order valence-electron chi connectivity index (χ3n) is 6.23. The fraction of sp³-hybridized carbons (Fsp3) is 0.593. The van der Waals surface area contributed by atoms with Crippen molar-refractivity contribution < 1.29 is 19.0 Å². The highest BCUT2D eigenvalue weighted by Crippen LogP contribution is 2.31. The Hall–Kier alpha value is -2.51. The summed E-state index contributed by atoms with van der Waals surface area (Å²) in [7, 11) is 1.92. The average Bonchev–Trinajstić information content (AvgIpc) is 3.06. The van der Waals surface area contributed by atoms with Crippen LogP contribution >= 0.6 is 0 Å². The second kappa shape index (κ2) is 12.3. The van der Waals surface area contributed by atoms with Crippen LogP contribution in [0.15, 0.2) is 41.6 Å². The zero-order chi connectivity index (χ0) is 24.7. The van der Waals surface area contributed by atoms with Gasteiger partial charge in [-0.05, 0) is 43.0 Å². The minimum Gasteiger partial charge on any atom is -0.490 e. The maximum Gasteiger partial charge on any atom is 0.253 e. The summed E-state index contributed by atoms with van der Waals surface area (Å²) < 4.78 is 17.6. The van der Waals surface area contributed by atoms with Gasteiger partial charge < -0.3 is 24.4 Å². The van der Waals surface area contributed by atoms with Crippen molar-refractivity contribution in [3.05, 3.63) is 47.2 Å². The molecule has 0 aromatic heterocycles. The quantitative estimate of drug-likeness (QED) is 0.555. The van der Waals surface area contributed by atoms with Gasteiger partial charge in [0.2, 0.25) is 0 Å². The van der Waals surface area contributed by atoms with Crippen LogP contribution < -0.4 is 14.8 Å². The predicted molar refractivity (Wildman–Crippen MR) is 135 cm³/mol. The third-order valence-corrected chi connectivity index (χ3v) is 6.23. The summed E-state index contributed by atoms with van der Waals surface area (Å²) in [5.41, 5.74) is 4.36. The van der Waals surface area contributed by atoms with E-state index in [9.17, 15) is 4.79 Å². The van der Waals surface area contributed by atoms with Gasteiger partial charge in [0.15, 0.2) is 11.5 Å². The van der Waals surface area contributed by atoms with Crippen LogP contribution in [-0.4, -0.2) is 74.9 Å². The molecule has 0 bridgehead atoms. The molecule has 1 N–H and O–H groups in total. The molecule has 0 aliphatic carbocycles. The van der Waals surface area contributed by atoms with E-state index in [0.29, 0.717) is 45.4 Å². The fourth-order valence-corrected chi connectivity index (χ4v) is 4.35. The number of ether oxygens (including phenoxy) is 3. The lowest BCUT2D eigenvalue weighted by Crippen LogP contribution is -2.51. The number of allylic oxidation sites excluding steroid dienone is 1. The number of fused-ring (bicyclic) bond motifs is 1. The first-order chi connectivity index (χ1) is 16.3. The molecule has 0 saturated carbocycles.